The molecule has 0 aliphatic heterocycles. The molecule has 0 amide bonds. The molecule has 1 aromatic carbocycles. The molecule has 1 fully saturated rings. The molecular formula is C18H28F2IN3O2. The van der Waals surface area contributed by atoms with Crippen LogP contribution in [-0.4, -0.2) is 32.8 Å². The number of benzene rings is 1. The van der Waals surface area contributed by atoms with Gasteiger partial charge >= 0.3 is 6.61 Å². The van der Waals surface area contributed by atoms with Gasteiger partial charge in [0.05, 0.1) is 6.61 Å². The van der Waals surface area contributed by atoms with Gasteiger partial charge in [-0.2, -0.15) is 8.78 Å². The zero-order valence-electron chi connectivity index (χ0n) is 15.3. The van der Waals surface area contributed by atoms with Crippen LogP contribution in [0.1, 0.15) is 38.2 Å². The van der Waals surface area contributed by atoms with Gasteiger partial charge in [0.2, 0.25) is 0 Å². The lowest BCUT2D eigenvalue weighted by molar-refractivity contribution is -0.0520. The highest BCUT2D eigenvalue weighted by Gasteiger charge is 2.20. The van der Waals surface area contributed by atoms with Gasteiger partial charge < -0.3 is 20.1 Å². The number of hydrogen-bond acceptors (Lipinski definition) is 3. The van der Waals surface area contributed by atoms with Gasteiger partial charge in [0.1, 0.15) is 0 Å². The molecule has 1 aliphatic carbocycles. The standard InChI is InChI=1S/C18H27F2N3O2.HI/c1-3-24-15-8-4-7-14(16(15)25-17(19)20)12-23-18(21-2)22-11-5-6-13-9-10-13;/h4,7-8,13,17H,3,5-6,9-12H2,1-2H3,(H2,21,22,23);1H. The number of aliphatic imine (C=N–C) groups is 1. The van der Waals surface area contributed by atoms with E-state index in [9.17, 15) is 8.78 Å². The molecule has 0 spiro atoms. The first-order chi connectivity index (χ1) is 12.1. The number of guanidine groups is 1. The van der Waals surface area contributed by atoms with Crippen LogP contribution < -0.4 is 20.1 Å². The fourth-order valence-electron chi connectivity index (χ4n) is 2.60. The van der Waals surface area contributed by atoms with Gasteiger partial charge in [0.15, 0.2) is 17.5 Å². The maximum Gasteiger partial charge on any atom is 0.387 e. The Kier molecular flexibility index (Phi) is 10.6. The molecule has 0 bridgehead atoms. The van der Waals surface area contributed by atoms with Gasteiger partial charge in [-0.05, 0) is 31.7 Å². The fourth-order valence-corrected chi connectivity index (χ4v) is 2.60. The summed E-state index contributed by atoms with van der Waals surface area (Å²) in [5.74, 6) is 1.93. The van der Waals surface area contributed by atoms with E-state index < -0.39 is 6.61 Å². The molecule has 0 heterocycles. The number of alkyl halides is 2. The summed E-state index contributed by atoms with van der Waals surface area (Å²) in [4.78, 5) is 4.16. The Balaban J connectivity index is 0.00000338. The maximum absolute atomic E-state index is 12.7. The predicted molar refractivity (Wildman–Crippen MR) is 110 cm³/mol. The molecule has 2 N–H and O–H groups in total. The van der Waals surface area contributed by atoms with E-state index in [0.29, 0.717) is 30.4 Å². The first-order valence-electron chi connectivity index (χ1n) is 8.78. The Labute approximate surface area is 171 Å². The summed E-state index contributed by atoms with van der Waals surface area (Å²) in [5.41, 5.74) is 0.590. The topological polar surface area (TPSA) is 54.9 Å². The van der Waals surface area contributed by atoms with E-state index >= 15 is 0 Å². The van der Waals surface area contributed by atoms with Crippen LogP contribution in [0, 0.1) is 5.92 Å². The second kappa shape index (κ2) is 12.1. The zero-order valence-corrected chi connectivity index (χ0v) is 17.6. The minimum atomic E-state index is -2.90. The van der Waals surface area contributed by atoms with E-state index in [0.717, 1.165) is 18.9 Å². The summed E-state index contributed by atoms with van der Waals surface area (Å²) < 4.78 is 35.5. The highest BCUT2D eigenvalue weighted by molar-refractivity contribution is 14.0. The molecule has 2 rings (SSSR count). The monoisotopic (exact) mass is 483 g/mol. The molecule has 148 valence electrons. The summed E-state index contributed by atoms with van der Waals surface area (Å²) in [6.45, 7) is 0.423. The predicted octanol–water partition coefficient (Wildman–Crippen LogP) is 4.16. The number of rotatable bonds is 10. The summed E-state index contributed by atoms with van der Waals surface area (Å²) in [6, 6.07) is 5.11. The molecule has 1 aliphatic rings. The molecule has 26 heavy (non-hydrogen) atoms. The number of nitrogens with one attached hydrogen (secondary N) is 2. The van der Waals surface area contributed by atoms with Crippen LogP contribution in [-0.2, 0) is 6.54 Å². The third-order valence-electron chi connectivity index (χ3n) is 4.02. The summed E-state index contributed by atoms with van der Waals surface area (Å²) >= 11 is 0. The van der Waals surface area contributed by atoms with Crippen LogP contribution in [0.15, 0.2) is 23.2 Å². The van der Waals surface area contributed by atoms with Crippen LogP contribution in [0.5, 0.6) is 11.5 Å². The minimum absolute atomic E-state index is 0. The lowest BCUT2D eigenvalue weighted by Gasteiger charge is -2.17. The fraction of sp³-hybridized carbons (Fsp3) is 0.611. The first-order valence-corrected chi connectivity index (χ1v) is 8.78. The summed E-state index contributed by atoms with van der Waals surface area (Å²) in [5, 5.41) is 6.37. The van der Waals surface area contributed by atoms with Crippen molar-refractivity contribution in [3.05, 3.63) is 23.8 Å². The number of hydrogen-bond donors (Lipinski definition) is 2. The third-order valence-corrected chi connectivity index (χ3v) is 4.02. The average molecular weight is 483 g/mol. The van der Waals surface area contributed by atoms with Crippen molar-refractivity contribution in [2.45, 2.75) is 45.8 Å². The van der Waals surface area contributed by atoms with Crippen molar-refractivity contribution in [2.24, 2.45) is 10.9 Å². The number of nitrogens with zero attached hydrogens (tertiary/aromatic N) is 1. The van der Waals surface area contributed by atoms with Gasteiger partial charge in [-0.25, -0.2) is 0 Å². The second-order valence-corrected chi connectivity index (χ2v) is 5.99. The van der Waals surface area contributed by atoms with Crippen LogP contribution in [0.2, 0.25) is 0 Å². The highest BCUT2D eigenvalue weighted by Crippen LogP contribution is 2.33. The molecule has 1 aromatic rings. The van der Waals surface area contributed by atoms with E-state index in [4.69, 9.17) is 4.74 Å². The van der Waals surface area contributed by atoms with Crippen molar-refractivity contribution in [3.63, 3.8) is 0 Å². The van der Waals surface area contributed by atoms with Crippen LogP contribution in [0.4, 0.5) is 8.78 Å². The lowest BCUT2D eigenvalue weighted by atomic mass is 10.2. The van der Waals surface area contributed by atoms with Gasteiger partial charge in [-0.3, -0.25) is 4.99 Å². The van der Waals surface area contributed by atoms with Gasteiger partial charge in [0.25, 0.3) is 0 Å². The Morgan fingerprint density at radius 1 is 1.31 bits per heavy atom. The third kappa shape index (κ3) is 7.92. The molecular weight excluding hydrogens is 455 g/mol. The molecule has 0 aromatic heterocycles. The summed E-state index contributed by atoms with van der Waals surface area (Å²) in [6.07, 6.45) is 5.06. The summed E-state index contributed by atoms with van der Waals surface area (Å²) in [7, 11) is 1.68. The SMILES string of the molecule is CCOc1cccc(CNC(=NC)NCCCC2CC2)c1OC(F)F.I. The van der Waals surface area contributed by atoms with E-state index in [1.807, 2.05) is 0 Å². The smallest absolute Gasteiger partial charge is 0.387 e. The molecule has 0 radical (unpaired) electrons. The van der Waals surface area contributed by atoms with Crippen LogP contribution in [0.3, 0.4) is 0 Å². The van der Waals surface area contributed by atoms with E-state index in [1.165, 1.54) is 19.3 Å². The van der Waals surface area contributed by atoms with Gasteiger partial charge in [-0.15, -0.1) is 24.0 Å². The van der Waals surface area contributed by atoms with Gasteiger partial charge in [-0.1, -0.05) is 25.0 Å². The quantitative estimate of drug-likeness (QED) is 0.227. The molecule has 5 nitrogen and oxygen atoms in total. The lowest BCUT2D eigenvalue weighted by Crippen LogP contribution is -2.37. The van der Waals surface area contributed by atoms with Crippen molar-refractivity contribution < 1.29 is 18.3 Å². The number of para-hydroxylation sites is 1. The Morgan fingerprint density at radius 3 is 2.69 bits per heavy atom. The molecule has 8 heteroatoms. The average Bonchev–Trinajstić information content (AvgIpc) is 3.40. The molecule has 0 unspecified atom stereocenters. The Bertz CT molecular complexity index is 569. The number of ether oxygens (including phenoxy) is 2. The van der Waals surface area contributed by atoms with Crippen molar-refractivity contribution in [1.82, 2.24) is 10.6 Å². The van der Waals surface area contributed by atoms with Crippen molar-refractivity contribution >= 4 is 29.9 Å². The maximum atomic E-state index is 12.7. The van der Waals surface area contributed by atoms with E-state index in [1.54, 1.807) is 32.2 Å². The van der Waals surface area contributed by atoms with Crippen molar-refractivity contribution in [2.75, 3.05) is 20.2 Å². The molecule has 0 saturated heterocycles. The Morgan fingerprint density at radius 2 is 2.08 bits per heavy atom. The van der Waals surface area contributed by atoms with Crippen molar-refractivity contribution in [1.29, 1.82) is 0 Å². The first kappa shape index (κ1) is 22.7. The molecule has 0 atom stereocenters. The number of halogens is 3. The minimum Gasteiger partial charge on any atom is -0.490 e. The molecule has 1 saturated carbocycles. The highest BCUT2D eigenvalue weighted by atomic mass is 127. The van der Waals surface area contributed by atoms with E-state index in [-0.39, 0.29) is 29.7 Å². The largest absolute Gasteiger partial charge is 0.490 e. The van der Waals surface area contributed by atoms with E-state index in [2.05, 4.69) is 20.4 Å². The van der Waals surface area contributed by atoms with Crippen LogP contribution in [0.25, 0.3) is 0 Å². The Hall–Kier alpha value is -1.32. The van der Waals surface area contributed by atoms with Crippen molar-refractivity contribution in [3.8, 4) is 11.5 Å². The van der Waals surface area contributed by atoms with Crippen LogP contribution >= 0.6 is 24.0 Å². The van der Waals surface area contributed by atoms with Gasteiger partial charge in [0, 0.05) is 25.7 Å². The zero-order chi connectivity index (χ0) is 18.1. The normalized spacial score (nSPS) is 14.0. The second-order valence-electron chi connectivity index (χ2n) is 5.99.